The van der Waals surface area contributed by atoms with Crippen molar-refractivity contribution in [1.82, 2.24) is 20.1 Å². The maximum absolute atomic E-state index is 12.7. The van der Waals surface area contributed by atoms with Gasteiger partial charge < -0.3 is 10.1 Å². The zero-order valence-corrected chi connectivity index (χ0v) is 18.4. The molecule has 1 heterocycles. The summed E-state index contributed by atoms with van der Waals surface area (Å²) in [4.78, 5) is 12.7. The number of nitrogens with one attached hydrogen (secondary N) is 1. The van der Waals surface area contributed by atoms with Crippen molar-refractivity contribution < 1.29 is 9.53 Å². The molecule has 1 aromatic heterocycles. The smallest absolute Gasteiger partial charge is 0.233 e. The fourth-order valence-corrected chi connectivity index (χ4v) is 4.19. The number of para-hydroxylation sites is 2. The average molecular weight is 451 g/mol. The molecule has 0 unspecified atom stereocenters. The highest BCUT2D eigenvalue weighted by molar-refractivity contribution is 8.00. The summed E-state index contributed by atoms with van der Waals surface area (Å²) in [5.41, 5.74) is 1.61. The standard InChI is InChI=1S/C20H20Cl2N4O2S/c1-12(15-9-8-14(21)10-16(15)22)24-19(27)13(2)29-20-25-23-11-26(20)17-6-4-5-7-18(17)28-3/h4-13H,1-3H3,(H,24,27)/t12-,13+/m1/s1. The van der Waals surface area contributed by atoms with Gasteiger partial charge in [0.25, 0.3) is 0 Å². The summed E-state index contributed by atoms with van der Waals surface area (Å²) in [6.45, 7) is 3.69. The van der Waals surface area contributed by atoms with E-state index in [-0.39, 0.29) is 11.9 Å². The summed E-state index contributed by atoms with van der Waals surface area (Å²) in [6, 6.07) is 12.5. The van der Waals surface area contributed by atoms with E-state index in [1.54, 1.807) is 30.1 Å². The van der Waals surface area contributed by atoms with Crippen LogP contribution >= 0.6 is 35.0 Å². The number of ether oxygens (including phenoxy) is 1. The SMILES string of the molecule is COc1ccccc1-n1cnnc1S[C@@H](C)C(=O)N[C@H](C)c1ccc(Cl)cc1Cl. The van der Waals surface area contributed by atoms with E-state index in [4.69, 9.17) is 27.9 Å². The van der Waals surface area contributed by atoms with Crippen molar-refractivity contribution in [2.75, 3.05) is 7.11 Å². The van der Waals surface area contributed by atoms with Gasteiger partial charge in [-0.3, -0.25) is 9.36 Å². The Hall–Kier alpha value is -2.22. The Morgan fingerprint density at radius 2 is 1.97 bits per heavy atom. The minimum Gasteiger partial charge on any atom is -0.495 e. The lowest BCUT2D eigenvalue weighted by Crippen LogP contribution is -2.33. The van der Waals surface area contributed by atoms with Crippen LogP contribution in [0.25, 0.3) is 5.69 Å². The fraction of sp³-hybridized carbons (Fsp3) is 0.250. The number of hydrogen-bond acceptors (Lipinski definition) is 5. The highest BCUT2D eigenvalue weighted by Crippen LogP contribution is 2.30. The van der Waals surface area contributed by atoms with E-state index in [2.05, 4.69) is 15.5 Å². The van der Waals surface area contributed by atoms with Crippen molar-refractivity contribution in [1.29, 1.82) is 0 Å². The van der Waals surface area contributed by atoms with E-state index < -0.39 is 5.25 Å². The Morgan fingerprint density at radius 3 is 2.69 bits per heavy atom. The third-order valence-electron chi connectivity index (χ3n) is 4.30. The molecule has 0 aliphatic heterocycles. The second-order valence-corrected chi connectivity index (χ2v) is 8.46. The zero-order chi connectivity index (χ0) is 21.0. The molecule has 0 spiro atoms. The average Bonchev–Trinajstić information content (AvgIpc) is 3.15. The molecule has 0 radical (unpaired) electrons. The van der Waals surface area contributed by atoms with Crippen LogP contribution in [0.15, 0.2) is 53.9 Å². The van der Waals surface area contributed by atoms with Crippen LogP contribution in [0.5, 0.6) is 5.75 Å². The van der Waals surface area contributed by atoms with E-state index in [1.807, 2.05) is 44.2 Å². The molecule has 3 rings (SSSR count). The zero-order valence-electron chi connectivity index (χ0n) is 16.1. The van der Waals surface area contributed by atoms with Gasteiger partial charge in [-0.25, -0.2) is 0 Å². The maximum atomic E-state index is 12.7. The van der Waals surface area contributed by atoms with Crippen molar-refractivity contribution >= 4 is 40.9 Å². The number of carbonyl (C=O) groups excluding carboxylic acids is 1. The van der Waals surface area contributed by atoms with E-state index in [0.29, 0.717) is 21.0 Å². The molecule has 0 aliphatic carbocycles. The van der Waals surface area contributed by atoms with Gasteiger partial charge in [-0.2, -0.15) is 0 Å². The Kier molecular flexibility index (Phi) is 7.05. The predicted octanol–water partition coefficient (Wildman–Crippen LogP) is 4.94. The van der Waals surface area contributed by atoms with Gasteiger partial charge in [0.15, 0.2) is 5.16 Å². The minimum atomic E-state index is -0.402. The number of halogens is 2. The summed E-state index contributed by atoms with van der Waals surface area (Å²) < 4.78 is 7.21. The first-order valence-electron chi connectivity index (χ1n) is 8.86. The summed E-state index contributed by atoms with van der Waals surface area (Å²) in [5, 5.41) is 12.4. The molecule has 2 atom stereocenters. The van der Waals surface area contributed by atoms with Crippen molar-refractivity contribution in [3.8, 4) is 11.4 Å². The van der Waals surface area contributed by atoms with Gasteiger partial charge in [0, 0.05) is 10.0 Å². The Morgan fingerprint density at radius 1 is 1.21 bits per heavy atom. The van der Waals surface area contributed by atoms with Gasteiger partial charge in [-0.1, -0.05) is 53.2 Å². The summed E-state index contributed by atoms with van der Waals surface area (Å²) in [7, 11) is 1.61. The summed E-state index contributed by atoms with van der Waals surface area (Å²) >= 11 is 13.5. The van der Waals surface area contributed by atoms with Crippen LogP contribution in [0.1, 0.15) is 25.5 Å². The van der Waals surface area contributed by atoms with E-state index >= 15 is 0 Å². The van der Waals surface area contributed by atoms with Crippen LogP contribution in [0.2, 0.25) is 10.0 Å². The largest absolute Gasteiger partial charge is 0.495 e. The van der Waals surface area contributed by atoms with Crippen molar-refractivity contribution in [2.24, 2.45) is 0 Å². The van der Waals surface area contributed by atoms with Crippen LogP contribution in [-0.4, -0.2) is 33.0 Å². The molecule has 0 saturated carbocycles. The number of thioether (sulfide) groups is 1. The molecule has 9 heteroatoms. The van der Waals surface area contributed by atoms with Crippen LogP contribution in [0.3, 0.4) is 0 Å². The molecule has 6 nitrogen and oxygen atoms in total. The minimum absolute atomic E-state index is 0.136. The lowest BCUT2D eigenvalue weighted by molar-refractivity contribution is -0.120. The molecule has 0 saturated heterocycles. The Labute approximate surface area is 183 Å². The van der Waals surface area contributed by atoms with Crippen molar-refractivity contribution in [3.63, 3.8) is 0 Å². The van der Waals surface area contributed by atoms with E-state index in [1.165, 1.54) is 11.8 Å². The number of nitrogens with zero attached hydrogens (tertiary/aromatic N) is 3. The number of methoxy groups -OCH3 is 1. The lowest BCUT2D eigenvalue weighted by atomic mass is 10.1. The van der Waals surface area contributed by atoms with Crippen LogP contribution in [0.4, 0.5) is 0 Å². The number of hydrogen-bond donors (Lipinski definition) is 1. The monoisotopic (exact) mass is 450 g/mol. The molecule has 1 amide bonds. The molecule has 0 fully saturated rings. The predicted molar refractivity (Wildman–Crippen MR) is 116 cm³/mol. The van der Waals surface area contributed by atoms with Gasteiger partial charge in [0.05, 0.1) is 24.1 Å². The molecule has 1 N–H and O–H groups in total. The first-order valence-corrected chi connectivity index (χ1v) is 10.5. The number of rotatable bonds is 7. The third-order valence-corrected chi connectivity index (χ3v) is 5.92. The van der Waals surface area contributed by atoms with Crippen LogP contribution < -0.4 is 10.1 Å². The highest BCUT2D eigenvalue weighted by Gasteiger charge is 2.22. The van der Waals surface area contributed by atoms with Crippen LogP contribution in [-0.2, 0) is 4.79 Å². The molecule has 0 bridgehead atoms. The Balaban J connectivity index is 1.72. The number of benzene rings is 2. The molecule has 0 aliphatic rings. The number of aromatic nitrogens is 3. The van der Waals surface area contributed by atoms with E-state index in [9.17, 15) is 4.79 Å². The lowest BCUT2D eigenvalue weighted by Gasteiger charge is -2.19. The molecular formula is C20H20Cl2N4O2S. The second kappa shape index (κ2) is 9.52. The van der Waals surface area contributed by atoms with E-state index in [0.717, 1.165) is 11.3 Å². The Bertz CT molecular complexity index is 1010. The second-order valence-electron chi connectivity index (χ2n) is 6.31. The van der Waals surface area contributed by atoms with Gasteiger partial charge >= 0.3 is 0 Å². The van der Waals surface area contributed by atoms with Crippen LogP contribution in [0, 0.1) is 0 Å². The molecule has 3 aromatic rings. The highest BCUT2D eigenvalue weighted by atomic mass is 35.5. The van der Waals surface area contributed by atoms with Gasteiger partial charge in [0.1, 0.15) is 12.1 Å². The molecular weight excluding hydrogens is 431 g/mol. The number of amides is 1. The first-order chi connectivity index (χ1) is 13.9. The third kappa shape index (κ3) is 5.04. The topological polar surface area (TPSA) is 69.0 Å². The molecule has 152 valence electrons. The number of carbonyl (C=O) groups is 1. The summed E-state index contributed by atoms with van der Waals surface area (Å²) in [6.07, 6.45) is 1.60. The summed E-state index contributed by atoms with van der Waals surface area (Å²) in [5.74, 6) is 0.556. The molecule has 29 heavy (non-hydrogen) atoms. The normalized spacial score (nSPS) is 13.0. The van der Waals surface area contributed by atoms with Crippen molar-refractivity contribution in [3.05, 3.63) is 64.4 Å². The molecule has 2 aromatic carbocycles. The first kappa shape index (κ1) is 21.5. The fourth-order valence-electron chi connectivity index (χ4n) is 2.77. The maximum Gasteiger partial charge on any atom is 0.233 e. The van der Waals surface area contributed by atoms with Gasteiger partial charge in [-0.05, 0) is 43.7 Å². The van der Waals surface area contributed by atoms with Crippen molar-refractivity contribution in [2.45, 2.75) is 30.3 Å². The quantitative estimate of drug-likeness (QED) is 0.516. The van der Waals surface area contributed by atoms with Gasteiger partial charge in [0.2, 0.25) is 5.91 Å². The van der Waals surface area contributed by atoms with Gasteiger partial charge in [-0.15, -0.1) is 10.2 Å².